The number of esters is 1. The van der Waals surface area contributed by atoms with E-state index in [-0.39, 0.29) is 6.54 Å². The Morgan fingerprint density at radius 1 is 1.62 bits per heavy atom. The first-order chi connectivity index (χ1) is 5.87. The van der Waals surface area contributed by atoms with Crippen LogP contribution in [-0.2, 0) is 19.6 Å². The lowest BCUT2D eigenvalue weighted by Gasteiger charge is -2.06. The highest BCUT2D eigenvalue weighted by Crippen LogP contribution is 1.87. The average Bonchev–Trinajstić information content (AvgIpc) is 2.00. The summed E-state index contributed by atoms with van der Waals surface area (Å²) < 4.78 is 28.2. The standard InChI is InChI=1S/C6H13NO5S/c1-5(8)3-7-13(10,11)4-6(9)12-2/h5,7-8H,3-4H2,1-2H3/t5-/m0/s1. The van der Waals surface area contributed by atoms with E-state index in [9.17, 15) is 13.2 Å². The number of sulfonamides is 1. The SMILES string of the molecule is COC(=O)CS(=O)(=O)NC[C@H](C)O. The molecule has 0 aliphatic rings. The van der Waals surface area contributed by atoms with Crippen LogP contribution in [0.15, 0.2) is 0 Å². The van der Waals surface area contributed by atoms with Gasteiger partial charge in [-0.25, -0.2) is 13.1 Å². The lowest BCUT2D eigenvalue weighted by molar-refractivity contribution is -0.137. The van der Waals surface area contributed by atoms with Crippen molar-refractivity contribution in [2.45, 2.75) is 13.0 Å². The molecule has 13 heavy (non-hydrogen) atoms. The molecule has 78 valence electrons. The number of carbonyl (C=O) groups is 1. The minimum absolute atomic E-state index is 0.112. The minimum Gasteiger partial charge on any atom is -0.468 e. The number of hydrogen-bond donors (Lipinski definition) is 2. The summed E-state index contributed by atoms with van der Waals surface area (Å²) in [6.07, 6.45) is -0.785. The Morgan fingerprint density at radius 3 is 2.54 bits per heavy atom. The zero-order valence-electron chi connectivity index (χ0n) is 7.48. The molecule has 0 radical (unpaired) electrons. The van der Waals surface area contributed by atoms with Gasteiger partial charge in [-0.15, -0.1) is 0 Å². The van der Waals surface area contributed by atoms with Crippen molar-refractivity contribution in [3.05, 3.63) is 0 Å². The third kappa shape index (κ3) is 6.50. The maximum Gasteiger partial charge on any atom is 0.322 e. The van der Waals surface area contributed by atoms with E-state index >= 15 is 0 Å². The Balaban J connectivity index is 4.02. The summed E-state index contributed by atoms with van der Waals surface area (Å²) in [6, 6.07) is 0. The van der Waals surface area contributed by atoms with E-state index in [1.54, 1.807) is 0 Å². The zero-order chi connectivity index (χ0) is 10.5. The summed E-state index contributed by atoms with van der Waals surface area (Å²) in [5.74, 6) is -1.56. The second-order valence-electron chi connectivity index (χ2n) is 2.53. The first kappa shape index (κ1) is 12.3. The fourth-order valence-corrected chi connectivity index (χ4v) is 1.54. The van der Waals surface area contributed by atoms with Gasteiger partial charge in [0.15, 0.2) is 5.75 Å². The summed E-state index contributed by atoms with van der Waals surface area (Å²) in [6.45, 7) is 1.32. The maximum atomic E-state index is 11.0. The van der Waals surface area contributed by atoms with Crippen molar-refractivity contribution in [3.63, 3.8) is 0 Å². The highest BCUT2D eigenvalue weighted by molar-refractivity contribution is 7.90. The summed E-state index contributed by atoms with van der Waals surface area (Å²) >= 11 is 0. The average molecular weight is 211 g/mol. The number of ether oxygens (including phenoxy) is 1. The number of hydrogen-bond acceptors (Lipinski definition) is 5. The monoisotopic (exact) mass is 211 g/mol. The largest absolute Gasteiger partial charge is 0.468 e. The van der Waals surface area contributed by atoms with Gasteiger partial charge >= 0.3 is 5.97 Å². The third-order valence-corrected chi connectivity index (χ3v) is 2.36. The van der Waals surface area contributed by atoms with Gasteiger partial charge in [0, 0.05) is 6.54 Å². The van der Waals surface area contributed by atoms with E-state index < -0.39 is 27.8 Å². The van der Waals surface area contributed by atoms with Gasteiger partial charge in [0.2, 0.25) is 10.0 Å². The number of nitrogens with one attached hydrogen (secondary N) is 1. The lowest BCUT2D eigenvalue weighted by Crippen LogP contribution is -2.35. The van der Waals surface area contributed by atoms with Gasteiger partial charge in [-0.05, 0) is 6.92 Å². The van der Waals surface area contributed by atoms with Gasteiger partial charge in [-0.2, -0.15) is 0 Å². The summed E-state index contributed by atoms with van der Waals surface area (Å²) in [5.41, 5.74) is 0. The van der Waals surface area contributed by atoms with Gasteiger partial charge in [0.25, 0.3) is 0 Å². The van der Waals surface area contributed by atoms with Crippen LogP contribution in [0.3, 0.4) is 0 Å². The van der Waals surface area contributed by atoms with Crippen LogP contribution in [0.2, 0.25) is 0 Å². The Kier molecular flexibility index (Phi) is 4.89. The lowest BCUT2D eigenvalue weighted by atomic mass is 10.4. The minimum atomic E-state index is -3.67. The molecule has 0 rings (SSSR count). The van der Waals surface area contributed by atoms with Crippen LogP contribution in [0.4, 0.5) is 0 Å². The molecule has 0 bridgehead atoms. The van der Waals surface area contributed by atoms with Crippen LogP contribution in [-0.4, -0.2) is 45.0 Å². The fraction of sp³-hybridized carbons (Fsp3) is 0.833. The second-order valence-corrected chi connectivity index (χ2v) is 4.34. The highest BCUT2D eigenvalue weighted by atomic mass is 32.2. The predicted octanol–water partition coefficient (Wildman–Crippen LogP) is -1.54. The molecule has 0 saturated heterocycles. The topological polar surface area (TPSA) is 92.7 Å². The molecule has 0 aliphatic heterocycles. The number of rotatable bonds is 5. The summed E-state index contributed by atoms with van der Waals surface area (Å²) in [4.78, 5) is 10.6. The van der Waals surface area contributed by atoms with E-state index in [0.717, 1.165) is 7.11 Å². The Bertz CT molecular complexity index is 258. The van der Waals surface area contributed by atoms with Crippen LogP contribution in [0.25, 0.3) is 0 Å². The highest BCUT2D eigenvalue weighted by Gasteiger charge is 2.16. The fourth-order valence-electron chi connectivity index (χ4n) is 0.513. The van der Waals surface area contributed by atoms with E-state index in [0.29, 0.717) is 0 Å². The quantitative estimate of drug-likeness (QED) is 0.538. The van der Waals surface area contributed by atoms with Gasteiger partial charge in [0.05, 0.1) is 13.2 Å². The van der Waals surface area contributed by atoms with Gasteiger partial charge in [-0.3, -0.25) is 4.79 Å². The van der Waals surface area contributed by atoms with Gasteiger partial charge in [0.1, 0.15) is 0 Å². The van der Waals surface area contributed by atoms with Crippen molar-refractivity contribution in [1.82, 2.24) is 4.72 Å². The Morgan fingerprint density at radius 2 is 2.15 bits per heavy atom. The van der Waals surface area contributed by atoms with E-state index in [1.807, 2.05) is 4.72 Å². The molecule has 0 aliphatic carbocycles. The van der Waals surface area contributed by atoms with Gasteiger partial charge in [-0.1, -0.05) is 0 Å². The van der Waals surface area contributed by atoms with E-state index in [4.69, 9.17) is 5.11 Å². The normalized spacial score (nSPS) is 13.8. The Hall–Kier alpha value is -0.660. The van der Waals surface area contributed by atoms with Crippen LogP contribution in [0.5, 0.6) is 0 Å². The van der Waals surface area contributed by atoms with E-state index in [2.05, 4.69) is 4.74 Å². The van der Waals surface area contributed by atoms with Crippen LogP contribution >= 0.6 is 0 Å². The molecule has 6 nitrogen and oxygen atoms in total. The summed E-state index contributed by atoms with van der Waals surface area (Å²) in [5, 5.41) is 8.76. The number of methoxy groups -OCH3 is 1. The molecule has 0 aromatic carbocycles. The summed E-state index contributed by atoms with van der Waals surface area (Å²) in [7, 11) is -2.57. The van der Waals surface area contributed by atoms with Crippen molar-refractivity contribution in [3.8, 4) is 0 Å². The van der Waals surface area contributed by atoms with Crippen LogP contribution in [0, 0.1) is 0 Å². The molecular formula is C6H13NO5S. The molecule has 2 N–H and O–H groups in total. The molecule has 0 unspecified atom stereocenters. The van der Waals surface area contributed by atoms with Crippen LogP contribution < -0.4 is 4.72 Å². The third-order valence-electron chi connectivity index (χ3n) is 1.13. The molecule has 0 heterocycles. The van der Waals surface area contributed by atoms with Crippen molar-refractivity contribution >= 4 is 16.0 Å². The molecule has 0 fully saturated rings. The molecule has 0 aromatic heterocycles. The molecular weight excluding hydrogens is 198 g/mol. The van der Waals surface area contributed by atoms with Crippen LogP contribution in [0.1, 0.15) is 6.92 Å². The van der Waals surface area contributed by atoms with Gasteiger partial charge < -0.3 is 9.84 Å². The van der Waals surface area contributed by atoms with Crippen molar-refractivity contribution < 1.29 is 23.1 Å². The number of carbonyl (C=O) groups excluding carboxylic acids is 1. The molecule has 0 saturated carbocycles. The Labute approximate surface area is 76.9 Å². The molecule has 0 amide bonds. The predicted molar refractivity (Wildman–Crippen MR) is 45.5 cm³/mol. The van der Waals surface area contributed by atoms with Crippen molar-refractivity contribution in [2.75, 3.05) is 19.4 Å². The maximum absolute atomic E-state index is 11.0. The smallest absolute Gasteiger partial charge is 0.322 e. The molecule has 7 heteroatoms. The van der Waals surface area contributed by atoms with E-state index in [1.165, 1.54) is 6.92 Å². The zero-order valence-corrected chi connectivity index (χ0v) is 8.30. The first-order valence-electron chi connectivity index (χ1n) is 3.59. The molecule has 0 spiro atoms. The number of aliphatic hydroxyl groups excluding tert-OH is 1. The molecule has 0 aromatic rings. The molecule has 1 atom stereocenters. The van der Waals surface area contributed by atoms with Crippen molar-refractivity contribution in [1.29, 1.82) is 0 Å². The first-order valence-corrected chi connectivity index (χ1v) is 5.25. The number of aliphatic hydroxyl groups is 1. The van der Waals surface area contributed by atoms with Crippen molar-refractivity contribution in [2.24, 2.45) is 0 Å². The second kappa shape index (κ2) is 5.15.